The first-order valence-corrected chi connectivity index (χ1v) is 3.40. The minimum absolute atomic E-state index is 0.0579. The molecule has 0 atom stereocenters. The highest BCUT2D eigenvalue weighted by Crippen LogP contribution is 2.12. The maximum absolute atomic E-state index is 10.9. The van der Waals surface area contributed by atoms with Crippen LogP contribution < -0.4 is 5.56 Å². The monoisotopic (exact) mass is 188 g/mol. The van der Waals surface area contributed by atoms with Gasteiger partial charge in [-0.3, -0.25) is 4.79 Å². The fraction of sp³-hybridized carbons (Fsp3) is 0.167. The van der Waals surface area contributed by atoms with Crippen molar-refractivity contribution >= 4 is 17.6 Å². The zero-order valence-corrected chi connectivity index (χ0v) is 6.84. The van der Waals surface area contributed by atoms with Crippen molar-refractivity contribution in [3.05, 3.63) is 26.6 Å². The van der Waals surface area contributed by atoms with E-state index in [1.165, 1.54) is 6.92 Å². The third-order valence-electron chi connectivity index (χ3n) is 1.39. The van der Waals surface area contributed by atoms with Crippen LogP contribution in [0.4, 0.5) is 0 Å². The highest BCUT2D eigenvalue weighted by molar-refractivity contribution is 6.32. The van der Waals surface area contributed by atoms with E-state index < -0.39 is 11.5 Å². The Morgan fingerprint density at radius 1 is 1.67 bits per heavy atom. The van der Waals surface area contributed by atoms with Gasteiger partial charge in [-0.25, -0.2) is 9.89 Å². The van der Waals surface area contributed by atoms with E-state index in [0.717, 1.165) is 0 Å². The van der Waals surface area contributed by atoms with E-state index in [0.29, 0.717) is 0 Å². The number of carboxylic acid groups (broad SMARTS) is 1. The fourth-order valence-electron chi connectivity index (χ4n) is 0.756. The molecule has 64 valence electrons. The van der Waals surface area contributed by atoms with Gasteiger partial charge in [0.1, 0.15) is 5.56 Å². The topological polar surface area (TPSA) is 83.0 Å². The third kappa shape index (κ3) is 1.31. The Bertz CT molecular complexity index is 385. The van der Waals surface area contributed by atoms with E-state index in [2.05, 4.69) is 10.2 Å². The van der Waals surface area contributed by atoms with Gasteiger partial charge in [-0.05, 0) is 6.92 Å². The van der Waals surface area contributed by atoms with Gasteiger partial charge >= 0.3 is 5.97 Å². The molecule has 1 heterocycles. The Hall–Kier alpha value is -1.36. The minimum Gasteiger partial charge on any atom is -0.478 e. The molecule has 0 unspecified atom stereocenters. The first kappa shape index (κ1) is 8.73. The van der Waals surface area contributed by atoms with Gasteiger partial charge in [-0.15, -0.1) is 0 Å². The Morgan fingerprint density at radius 2 is 2.25 bits per heavy atom. The molecule has 0 saturated carbocycles. The van der Waals surface area contributed by atoms with Gasteiger partial charge in [0.05, 0.1) is 0 Å². The van der Waals surface area contributed by atoms with E-state index in [-0.39, 0.29) is 16.3 Å². The molecule has 0 spiro atoms. The molecule has 2 N–H and O–H groups in total. The normalized spacial score (nSPS) is 9.83. The number of carboxylic acids is 1. The summed E-state index contributed by atoms with van der Waals surface area (Å²) < 4.78 is 0. The maximum Gasteiger partial charge on any atom is 0.339 e. The first-order valence-electron chi connectivity index (χ1n) is 3.02. The molecule has 1 aromatic heterocycles. The van der Waals surface area contributed by atoms with Crippen LogP contribution in [-0.4, -0.2) is 21.3 Å². The number of aromatic nitrogens is 2. The Balaban J connectivity index is 3.54. The van der Waals surface area contributed by atoms with E-state index in [1.54, 1.807) is 0 Å². The molecule has 0 radical (unpaired) electrons. The zero-order chi connectivity index (χ0) is 9.30. The summed E-state index contributed by atoms with van der Waals surface area (Å²) >= 11 is 5.43. The molecule has 0 bridgehead atoms. The largest absolute Gasteiger partial charge is 0.478 e. The van der Waals surface area contributed by atoms with Gasteiger partial charge in [-0.2, -0.15) is 5.10 Å². The second kappa shape index (κ2) is 2.94. The second-order valence-corrected chi connectivity index (χ2v) is 2.51. The molecule has 0 saturated heterocycles. The number of nitrogens with zero attached hydrogens (tertiary/aromatic N) is 1. The summed E-state index contributed by atoms with van der Waals surface area (Å²) in [5.41, 5.74) is -0.736. The molecule has 0 aromatic carbocycles. The van der Waals surface area contributed by atoms with Crippen molar-refractivity contribution in [2.24, 2.45) is 0 Å². The van der Waals surface area contributed by atoms with Gasteiger partial charge in [-0.1, -0.05) is 11.6 Å². The molecule has 0 aliphatic rings. The summed E-state index contributed by atoms with van der Waals surface area (Å²) in [6.45, 7) is 1.37. The fourth-order valence-corrected chi connectivity index (χ4v) is 1.02. The van der Waals surface area contributed by atoms with Gasteiger partial charge < -0.3 is 5.11 Å². The molecule has 1 rings (SSSR count). The van der Waals surface area contributed by atoms with Crippen molar-refractivity contribution in [1.29, 1.82) is 0 Å². The lowest BCUT2D eigenvalue weighted by atomic mass is 10.2. The average molecular weight is 189 g/mol. The van der Waals surface area contributed by atoms with Crippen LogP contribution in [0.2, 0.25) is 5.15 Å². The molecule has 0 aliphatic carbocycles. The number of halogens is 1. The molecule has 5 nitrogen and oxygen atoms in total. The lowest BCUT2D eigenvalue weighted by molar-refractivity contribution is 0.0695. The standard InChI is InChI=1S/C6H5ClN2O3/c1-2-3(6(11)12)4(7)8-9-5(2)10/h1H3,(H,9,10)(H,11,12). The smallest absolute Gasteiger partial charge is 0.339 e. The van der Waals surface area contributed by atoms with E-state index in [9.17, 15) is 9.59 Å². The predicted molar refractivity (Wildman–Crippen MR) is 41.6 cm³/mol. The quantitative estimate of drug-likeness (QED) is 0.670. The van der Waals surface area contributed by atoms with Gasteiger partial charge in [0.2, 0.25) is 0 Å². The third-order valence-corrected chi connectivity index (χ3v) is 1.66. The number of hydrogen-bond acceptors (Lipinski definition) is 3. The summed E-state index contributed by atoms with van der Waals surface area (Å²) in [6, 6.07) is 0. The predicted octanol–water partition coefficient (Wildman–Crippen LogP) is 0.430. The van der Waals surface area contributed by atoms with Crippen LogP contribution in [0.15, 0.2) is 4.79 Å². The number of hydrogen-bond donors (Lipinski definition) is 2. The number of aromatic amines is 1. The van der Waals surface area contributed by atoms with Crippen molar-refractivity contribution in [3.8, 4) is 0 Å². The Labute approximate surface area is 72.0 Å². The van der Waals surface area contributed by atoms with Crippen LogP contribution in [0.25, 0.3) is 0 Å². The SMILES string of the molecule is Cc1c(C(=O)O)c(Cl)n[nH]c1=O. The summed E-state index contributed by atoms with van der Waals surface area (Å²) in [6.07, 6.45) is 0. The van der Waals surface area contributed by atoms with Crippen LogP contribution in [0.1, 0.15) is 15.9 Å². The number of H-pyrrole nitrogens is 1. The Morgan fingerprint density at radius 3 is 2.67 bits per heavy atom. The van der Waals surface area contributed by atoms with Crippen molar-refractivity contribution in [2.75, 3.05) is 0 Å². The molecule has 0 fully saturated rings. The number of nitrogens with one attached hydrogen (secondary N) is 1. The lowest BCUT2D eigenvalue weighted by Gasteiger charge is -1.98. The van der Waals surface area contributed by atoms with Gasteiger partial charge in [0, 0.05) is 5.56 Å². The molecule has 12 heavy (non-hydrogen) atoms. The van der Waals surface area contributed by atoms with Crippen LogP contribution in [-0.2, 0) is 0 Å². The molecule has 0 aliphatic heterocycles. The molecule has 1 aromatic rings. The summed E-state index contributed by atoms with van der Waals surface area (Å²) in [4.78, 5) is 21.4. The second-order valence-electron chi connectivity index (χ2n) is 2.15. The summed E-state index contributed by atoms with van der Waals surface area (Å²) in [5.74, 6) is -1.25. The van der Waals surface area contributed by atoms with Gasteiger partial charge in [0.25, 0.3) is 5.56 Å². The number of aromatic carboxylic acids is 1. The Kier molecular flexibility index (Phi) is 2.14. The highest BCUT2D eigenvalue weighted by Gasteiger charge is 2.15. The summed E-state index contributed by atoms with van der Waals surface area (Å²) in [7, 11) is 0. The van der Waals surface area contributed by atoms with Crippen LogP contribution in [0, 0.1) is 6.92 Å². The van der Waals surface area contributed by atoms with Crippen molar-refractivity contribution in [3.63, 3.8) is 0 Å². The van der Waals surface area contributed by atoms with E-state index >= 15 is 0 Å². The van der Waals surface area contributed by atoms with Crippen LogP contribution in [0.3, 0.4) is 0 Å². The van der Waals surface area contributed by atoms with Crippen molar-refractivity contribution in [2.45, 2.75) is 6.92 Å². The van der Waals surface area contributed by atoms with Crippen molar-refractivity contribution in [1.82, 2.24) is 10.2 Å². The molecule has 6 heteroatoms. The van der Waals surface area contributed by atoms with Crippen molar-refractivity contribution < 1.29 is 9.90 Å². The minimum atomic E-state index is -1.25. The maximum atomic E-state index is 10.9. The zero-order valence-electron chi connectivity index (χ0n) is 6.09. The van der Waals surface area contributed by atoms with E-state index in [4.69, 9.17) is 16.7 Å². The first-order chi connectivity index (χ1) is 5.54. The lowest BCUT2D eigenvalue weighted by Crippen LogP contribution is -2.17. The van der Waals surface area contributed by atoms with Gasteiger partial charge in [0.15, 0.2) is 5.15 Å². The highest BCUT2D eigenvalue weighted by atomic mass is 35.5. The molecular formula is C6H5ClN2O3. The number of rotatable bonds is 1. The van der Waals surface area contributed by atoms with Crippen LogP contribution >= 0.6 is 11.6 Å². The number of carbonyl (C=O) groups is 1. The molecule has 0 amide bonds. The summed E-state index contributed by atoms with van der Waals surface area (Å²) in [5, 5.41) is 13.8. The van der Waals surface area contributed by atoms with Crippen LogP contribution in [0.5, 0.6) is 0 Å². The average Bonchev–Trinajstić information content (AvgIpc) is 1.97. The van der Waals surface area contributed by atoms with E-state index in [1.807, 2.05) is 0 Å². The molecular weight excluding hydrogens is 184 g/mol.